The standard InChI is InChI=1S/C32H41NO2.C7H12.C4H11N.C4H10.C3H8.C2H6/c1-28-15-14-21-31(25-28)32(34)27-33(26-30-19-8-5-9-20-30)22-11-2-3-12-23-35-24-13-10-18-29-16-6-4-7-17-29;1-4-5-6-7(2)3;1-4(2,3)5;1-4(2)3;1-3-2;1-2/h4-9,14-17,19-21,25H,2-3,10-13,18,22-24,26-27H2,1H3;4-6H,1-3H3;5H2,1-3H3;4H,1-3H3;3H2,1-2H3;1-2H3/b;5-4-;;;;. The molecule has 0 atom stereocenters. The molecule has 0 bridgehead atoms. The maximum atomic E-state index is 12.9. The number of ether oxygens (including phenoxy) is 1. The molecule has 0 saturated heterocycles. The average molecular weight is 773 g/mol. The normalized spacial score (nSPS) is 10.3. The number of benzene rings is 3. The quantitative estimate of drug-likeness (QED) is 0.0795. The first-order valence-electron chi connectivity index (χ1n) is 21.7. The highest BCUT2D eigenvalue weighted by molar-refractivity contribution is 5.97. The lowest BCUT2D eigenvalue weighted by atomic mass is 10.1. The van der Waals surface area contributed by atoms with Crippen LogP contribution in [0.2, 0.25) is 0 Å². The highest BCUT2D eigenvalue weighted by Gasteiger charge is 2.13. The van der Waals surface area contributed by atoms with Gasteiger partial charge < -0.3 is 10.5 Å². The highest BCUT2D eigenvalue weighted by Crippen LogP contribution is 2.12. The molecule has 0 amide bonds. The van der Waals surface area contributed by atoms with E-state index in [4.69, 9.17) is 10.5 Å². The molecule has 3 aromatic carbocycles. The number of rotatable bonds is 18. The lowest BCUT2D eigenvalue weighted by molar-refractivity contribution is 0.0923. The molecule has 2 N–H and O–H groups in total. The van der Waals surface area contributed by atoms with Crippen molar-refractivity contribution in [3.05, 3.63) is 131 Å². The monoisotopic (exact) mass is 773 g/mol. The molecule has 4 heteroatoms. The first kappa shape index (κ1) is 57.0. The Kier molecular flexibility index (Phi) is 40.6. The van der Waals surface area contributed by atoms with Crippen molar-refractivity contribution in [3.8, 4) is 0 Å². The first-order valence-corrected chi connectivity index (χ1v) is 21.7. The van der Waals surface area contributed by atoms with Crippen LogP contribution in [0.25, 0.3) is 0 Å². The Morgan fingerprint density at radius 1 is 0.768 bits per heavy atom. The summed E-state index contributed by atoms with van der Waals surface area (Å²) < 4.78 is 5.83. The van der Waals surface area contributed by atoms with Gasteiger partial charge in [-0.2, -0.15) is 0 Å². The van der Waals surface area contributed by atoms with Crippen molar-refractivity contribution in [2.24, 2.45) is 11.7 Å². The molecule has 3 aromatic rings. The third-order valence-corrected chi connectivity index (χ3v) is 6.94. The molecule has 0 fully saturated rings. The molecular weight excluding hydrogens is 685 g/mol. The second kappa shape index (κ2) is 39.9. The number of allylic oxidation sites excluding steroid dienone is 4. The summed E-state index contributed by atoms with van der Waals surface area (Å²) >= 11 is 0. The summed E-state index contributed by atoms with van der Waals surface area (Å²) in [4.78, 5) is 15.2. The summed E-state index contributed by atoms with van der Waals surface area (Å²) in [7, 11) is 0. The fourth-order valence-corrected chi connectivity index (χ4v) is 4.63. The van der Waals surface area contributed by atoms with Gasteiger partial charge in [-0.1, -0.05) is 176 Å². The van der Waals surface area contributed by atoms with Gasteiger partial charge in [0.25, 0.3) is 0 Å². The molecule has 0 unspecified atom stereocenters. The van der Waals surface area contributed by atoms with E-state index in [1.54, 1.807) is 0 Å². The predicted molar refractivity (Wildman–Crippen MR) is 252 cm³/mol. The van der Waals surface area contributed by atoms with E-state index in [1.807, 2.05) is 91.0 Å². The van der Waals surface area contributed by atoms with E-state index >= 15 is 0 Å². The summed E-state index contributed by atoms with van der Waals surface area (Å²) in [5.74, 6) is 1.03. The lowest BCUT2D eigenvalue weighted by Gasteiger charge is -2.22. The van der Waals surface area contributed by atoms with E-state index in [0.717, 1.165) is 69.0 Å². The minimum Gasteiger partial charge on any atom is -0.381 e. The number of hydrogen-bond acceptors (Lipinski definition) is 4. The van der Waals surface area contributed by atoms with Gasteiger partial charge in [-0.05, 0) is 110 Å². The second-order valence-corrected chi connectivity index (χ2v) is 16.0. The van der Waals surface area contributed by atoms with Crippen molar-refractivity contribution >= 4 is 5.78 Å². The summed E-state index contributed by atoms with van der Waals surface area (Å²) in [5.41, 5.74) is 11.3. The van der Waals surface area contributed by atoms with Crippen molar-refractivity contribution < 1.29 is 9.53 Å². The minimum absolute atomic E-state index is 0. The number of Topliss-reactive ketones (excluding diaryl/α,β-unsaturated/α-hetero) is 1. The van der Waals surface area contributed by atoms with Gasteiger partial charge in [0.05, 0.1) is 6.54 Å². The van der Waals surface area contributed by atoms with Crippen LogP contribution < -0.4 is 5.73 Å². The summed E-state index contributed by atoms with van der Waals surface area (Å²) in [6.07, 6.45) is 15.4. The van der Waals surface area contributed by atoms with E-state index in [9.17, 15) is 4.79 Å². The zero-order valence-electron chi connectivity index (χ0n) is 38.9. The zero-order chi connectivity index (χ0) is 43.0. The Labute approximate surface area is 348 Å². The van der Waals surface area contributed by atoms with E-state index in [0.29, 0.717) is 6.54 Å². The number of carbonyl (C=O) groups is 1. The highest BCUT2D eigenvalue weighted by atomic mass is 16.5. The fraction of sp³-hybridized carbons (Fsp3) is 0.558. The van der Waals surface area contributed by atoms with Gasteiger partial charge in [-0.15, -0.1) is 0 Å². The third kappa shape index (κ3) is 45.1. The molecule has 0 aliphatic carbocycles. The molecule has 0 aliphatic heterocycles. The largest absolute Gasteiger partial charge is 0.381 e. The van der Waals surface area contributed by atoms with Gasteiger partial charge in [-0.25, -0.2) is 0 Å². The molecule has 0 heterocycles. The Bertz CT molecular complexity index is 1310. The molecule has 4 nitrogen and oxygen atoms in total. The summed E-state index contributed by atoms with van der Waals surface area (Å²) in [5, 5.41) is 0. The van der Waals surface area contributed by atoms with Crippen molar-refractivity contribution in [2.75, 3.05) is 26.3 Å². The maximum absolute atomic E-state index is 12.9. The van der Waals surface area contributed by atoms with E-state index in [1.165, 1.54) is 42.4 Å². The molecule has 0 aromatic heterocycles. The van der Waals surface area contributed by atoms with Gasteiger partial charge in [0.15, 0.2) is 5.78 Å². The van der Waals surface area contributed by atoms with Crippen LogP contribution in [0, 0.1) is 12.8 Å². The molecule has 3 rings (SSSR count). The van der Waals surface area contributed by atoms with Crippen molar-refractivity contribution in [1.29, 1.82) is 0 Å². The molecule has 318 valence electrons. The van der Waals surface area contributed by atoms with Crippen molar-refractivity contribution in [3.63, 3.8) is 0 Å². The average Bonchev–Trinajstić information content (AvgIpc) is 3.14. The predicted octanol–water partition coefficient (Wildman–Crippen LogP) is 14.7. The Morgan fingerprint density at radius 2 is 1.25 bits per heavy atom. The minimum atomic E-state index is 0. The van der Waals surface area contributed by atoms with Crippen LogP contribution in [0.4, 0.5) is 0 Å². The van der Waals surface area contributed by atoms with E-state index in [-0.39, 0.29) is 11.3 Å². The van der Waals surface area contributed by atoms with E-state index < -0.39 is 0 Å². The van der Waals surface area contributed by atoms with Gasteiger partial charge in [0.2, 0.25) is 0 Å². The lowest BCUT2D eigenvalue weighted by Crippen LogP contribution is -2.30. The van der Waals surface area contributed by atoms with Gasteiger partial charge in [0.1, 0.15) is 0 Å². The number of nitrogens with zero attached hydrogens (tertiary/aromatic N) is 1. The maximum Gasteiger partial charge on any atom is 0.176 e. The number of ketones is 1. The van der Waals surface area contributed by atoms with Crippen LogP contribution >= 0.6 is 0 Å². The fourth-order valence-electron chi connectivity index (χ4n) is 4.63. The SMILES string of the molecule is C/C=C\C=C(C)C.CC.CC(C)(C)N.CC(C)C.CCC.Cc1cccc(C(=O)CN(CCCCCCOCCCCc2ccccc2)Cc2ccccc2)c1. The summed E-state index contributed by atoms with van der Waals surface area (Å²) in [6.45, 7) is 32.8. The number of aryl methyl sites for hydroxylation is 2. The first-order chi connectivity index (χ1) is 26.6. The van der Waals surface area contributed by atoms with Crippen LogP contribution in [0.1, 0.15) is 162 Å². The molecule has 0 saturated carbocycles. The van der Waals surface area contributed by atoms with Crippen molar-refractivity contribution in [1.82, 2.24) is 4.90 Å². The molecule has 0 aliphatic rings. The van der Waals surface area contributed by atoms with Crippen LogP contribution in [-0.2, 0) is 17.7 Å². The number of unbranched alkanes of at least 4 members (excludes halogenated alkanes) is 4. The number of carbonyl (C=O) groups excluding carboxylic acids is 1. The van der Waals surface area contributed by atoms with Crippen molar-refractivity contribution in [2.45, 2.75) is 160 Å². The second-order valence-electron chi connectivity index (χ2n) is 16.0. The van der Waals surface area contributed by atoms with Gasteiger partial charge in [0, 0.05) is 30.9 Å². The molecule has 0 spiro atoms. The topological polar surface area (TPSA) is 55.6 Å². The number of hydrogen-bond donors (Lipinski definition) is 1. The van der Waals surface area contributed by atoms with Crippen LogP contribution in [0.15, 0.2) is 109 Å². The number of nitrogens with two attached hydrogens (primary N) is 1. The molecular formula is C52H88N2O2. The molecule has 0 radical (unpaired) electrons. The van der Waals surface area contributed by atoms with Gasteiger partial charge in [-0.3, -0.25) is 9.69 Å². The van der Waals surface area contributed by atoms with E-state index in [2.05, 4.69) is 114 Å². The zero-order valence-corrected chi connectivity index (χ0v) is 38.9. The Morgan fingerprint density at radius 3 is 1.71 bits per heavy atom. The smallest absolute Gasteiger partial charge is 0.176 e. The van der Waals surface area contributed by atoms with Crippen LogP contribution in [0.5, 0.6) is 0 Å². The Balaban J connectivity index is -0.00000110. The molecule has 56 heavy (non-hydrogen) atoms. The third-order valence-electron chi connectivity index (χ3n) is 6.94. The summed E-state index contributed by atoms with van der Waals surface area (Å²) in [6, 6.07) is 29.0. The van der Waals surface area contributed by atoms with Gasteiger partial charge >= 0.3 is 0 Å². The Hall–Kier alpha value is -3.31. The van der Waals surface area contributed by atoms with Crippen LogP contribution in [-0.4, -0.2) is 42.5 Å². The van der Waals surface area contributed by atoms with Crippen LogP contribution in [0.3, 0.4) is 0 Å².